The first-order valence-electron chi connectivity index (χ1n) is 5.43. The third kappa shape index (κ3) is 2.21. The first-order valence-corrected chi connectivity index (χ1v) is 6.25. The van der Waals surface area contributed by atoms with Crippen molar-refractivity contribution >= 4 is 21.4 Å². The molecule has 0 atom stereocenters. The number of hydrogen-bond donors (Lipinski definition) is 1. The Kier molecular flexibility index (Phi) is 3.08. The van der Waals surface area contributed by atoms with E-state index in [1.54, 1.807) is 0 Å². The lowest BCUT2D eigenvalue weighted by molar-refractivity contribution is 0.890. The molecule has 1 nitrogen and oxygen atoms in total. The number of benzene rings is 1. The molecule has 2 N–H and O–H groups in total. The summed E-state index contributed by atoms with van der Waals surface area (Å²) in [7, 11) is 0. The summed E-state index contributed by atoms with van der Waals surface area (Å²) in [6.07, 6.45) is 0.975. The summed E-state index contributed by atoms with van der Waals surface area (Å²) >= 11 is 1.90. The van der Waals surface area contributed by atoms with Gasteiger partial charge in [-0.3, -0.25) is 0 Å². The van der Waals surface area contributed by atoms with Gasteiger partial charge in [0, 0.05) is 9.58 Å². The maximum Gasteiger partial charge on any atom is 0.0345 e. The highest BCUT2D eigenvalue weighted by Gasteiger charge is 2.05. The van der Waals surface area contributed by atoms with Crippen LogP contribution in [-0.2, 0) is 6.42 Å². The van der Waals surface area contributed by atoms with E-state index in [4.69, 9.17) is 5.73 Å². The lowest BCUT2D eigenvalue weighted by atomic mass is 10.1. The Morgan fingerprint density at radius 2 is 2.07 bits per heavy atom. The predicted molar refractivity (Wildman–Crippen MR) is 68.7 cm³/mol. The topological polar surface area (TPSA) is 26.0 Å². The number of hydrogen-bond acceptors (Lipinski definition) is 2. The van der Waals surface area contributed by atoms with Crippen molar-refractivity contribution in [2.75, 3.05) is 6.54 Å². The van der Waals surface area contributed by atoms with Gasteiger partial charge < -0.3 is 5.73 Å². The number of fused-ring (bicyclic) bond motifs is 1. The average molecular weight is 219 g/mol. The molecule has 15 heavy (non-hydrogen) atoms. The molecule has 0 aliphatic rings. The van der Waals surface area contributed by atoms with E-state index in [9.17, 15) is 0 Å². The first kappa shape index (κ1) is 10.7. The highest BCUT2D eigenvalue weighted by atomic mass is 32.1. The summed E-state index contributed by atoms with van der Waals surface area (Å²) < 4.78 is 1.39. The van der Waals surface area contributed by atoms with E-state index in [1.807, 2.05) is 11.3 Å². The second-order valence-corrected chi connectivity index (χ2v) is 5.33. The highest BCUT2D eigenvalue weighted by Crippen LogP contribution is 2.31. The van der Waals surface area contributed by atoms with Gasteiger partial charge in [-0.05, 0) is 42.0 Å². The van der Waals surface area contributed by atoms with Crippen LogP contribution >= 0.6 is 11.3 Å². The molecule has 1 heterocycles. The van der Waals surface area contributed by atoms with Crippen molar-refractivity contribution in [2.45, 2.75) is 26.2 Å². The average Bonchev–Trinajstić information content (AvgIpc) is 2.61. The number of nitrogens with two attached hydrogens (primary N) is 1. The van der Waals surface area contributed by atoms with Crippen LogP contribution in [0.4, 0.5) is 0 Å². The Morgan fingerprint density at radius 1 is 1.27 bits per heavy atom. The predicted octanol–water partition coefficient (Wildman–Crippen LogP) is 3.53. The quantitative estimate of drug-likeness (QED) is 0.839. The van der Waals surface area contributed by atoms with Crippen molar-refractivity contribution in [1.82, 2.24) is 0 Å². The molecular weight excluding hydrogens is 202 g/mol. The second kappa shape index (κ2) is 4.33. The SMILES string of the molecule is CC(C)c1cc2cc(CCN)ccc2s1. The first-order chi connectivity index (χ1) is 7.20. The third-order valence-corrected chi connectivity index (χ3v) is 4.02. The molecule has 0 amide bonds. The van der Waals surface area contributed by atoms with Crippen LogP contribution < -0.4 is 5.73 Å². The fourth-order valence-corrected chi connectivity index (χ4v) is 2.77. The van der Waals surface area contributed by atoms with Crippen LogP contribution in [0, 0.1) is 0 Å². The Balaban J connectivity index is 2.43. The summed E-state index contributed by atoms with van der Waals surface area (Å²) in [5.74, 6) is 0.625. The van der Waals surface area contributed by atoms with E-state index in [0.717, 1.165) is 13.0 Å². The van der Waals surface area contributed by atoms with Gasteiger partial charge in [0.05, 0.1) is 0 Å². The molecule has 0 bridgehead atoms. The third-order valence-electron chi connectivity index (χ3n) is 2.60. The molecule has 0 saturated carbocycles. The molecule has 0 aliphatic heterocycles. The zero-order valence-corrected chi connectivity index (χ0v) is 10.1. The summed E-state index contributed by atoms with van der Waals surface area (Å²) in [5, 5.41) is 1.37. The lowest BCUT2D eigenvalue weighted by Gasteiger charge is -1.97. The van der Waals surface area contributed by atoms with Gasteiger partial charge in [0.2, 0.25) is 0 Å². The van der Waals surface area contributed by atoms with E-state index in [0.29, 0.717) is 5.92 Å². The van der Waals surface area contributed by atoms with Crippen LogP contribution in [-0.4, -0.2) is 6.54 Å². The molecule has 0 unspecified atom stereocenters. The maximum absolute atomic E-state index is 5.56. The fourth-order valence-electron chi connectivity index (χ4n) is 1.72. The Bertz CT molecular complexity index is 457. The molecule has 2 rings (SSSR count). The van der Waals surface area contributed by atoms with Gasteiger partial charge in [-0.15, -0.1) is 11.3 Å². The van der Waals surface area contributed by atoms with Gasteiger partial charge in [0.25, 0.3) is 0 Å². The summed E-state index contributed by atoms with van der Waals surface area (Å²) in [6, 6.07) is 8.99. The van der Waals surface area contributed by atoms with Gasteiger partial charge in [-0.1, -0.05) is 26.0 Å². The fraction of sp³-hybridized carbons (Fsp3) is 0.385. The van der Waals surface area contributed by atoms with E-state index in [1.165, 1.54) is 20.5 Å². The van der Waals surface area contributed by atoms with Crippen molar-refractivity contribution < 1.29 is 0 Å². The molecule has 80 valence electrons. The van der Waals surface area contributed by atoms with E-state index in [2.05, 4.69) is 38.1 Å². The van der Waals surface area contributed by atoms with Gasteiger partial charge >= 0.3 is 0 Å². The van der Waals surface area contributed by atoms with Crippen LogP contribution in [0.25, 0.3) is 10.1 Å². The van der Waals surface area contributed by atoms with Crippen molar-refractivity contribution in [2.24, 2.45) is 5.73 Å². The van der Waals surface area contributed by atoms with E-state index in [-0.39, 0.29) is 0 Å². The molecule has 0 fully saturated rings. The van der Waals surface area contributed by atoms with Gasteiger partial charge in [-0.25, -0.2) is 0 Å². The summed E-state index contributed by atoms with van der Waals surface area (Å²) in [4.78, 5) is 1.47. The highest BCUT2D eigenvalue weighted by molar-refractivity contribution is 7.19. The van der Waals surface area contributed by atoms with Gasteiger partial charge in [0.15, 0.2) is 0 Å². The van der Waals surface area contributed by atoms with Crippen molar-refractivity contribution in [1.29, 1.82) is 0 Å². The van der Waals surface area contributed by atoms with E-state index < -0.39 is 0 Å². The molecular formula is C13H17NS. The normalized spacial score (nSPS) is 11.5. The van der Waals surface area contributed by atoms with Gasteiger partial charge in [0.1, 0.15) is 0 Å². The Hall–Kier alpha value is -0.860. The molecule has 0 spiro atoms. The molecule has 1 aromatic heterocycles. The second-order valence-electron chi connectivity index (χ2n) is 4.21. The molecule has 1 aromatic carbocycles. The summed E-state index contributed by atoms with van der Waals surface area (Å²) in [5.41, 5.74) is 6.91. The minimum Gasteiger partial charge on any atom is -0.330 e. The zero-order chi connectivity index (χ0) is 10.8. The lowest BCUT2D eigenvalue weighted by Crippen LogP contribution is -2.02. The smallest absolute Gasteiger partial charge is 0.0345 e. The largest absolute Gasteiger partial charge is 0.330 e. The molecule has 2 aromatic rings. The Labute approximate surface area is 94.9 Å². The summed E-state index contributed by atoms with van der Waals surface area (Å²) in [6.45, 7) is 5.21. The van der Waals surface area contributed by atoms with E-state index >= 15 is 0 Å². The standard InChI is InChI=1S/C13H17NS/c1-9(2)13-8-11-7-10(5-6-14)3-4-12(11)15-13/h3-4,7-9H,5-6,14H2,1-2H3. The molecule has 0 radical (unpaired) electrons. The van der Waals surface area contributed by atoms with Crippen LogP contribution in [0.15, 0.2) is 24.3 Å². The zero-order valence-electron chi connectivity index (χ0n) is 9.29. The molecule has 2 heteroatoms. The molecule has 0 aliphatic carbocycles. The number of rotatable bonds is 3. The van der Waals surface area contributed by atoms with Crippen LogP contribution in [0.1, 0.15) is 30.2 Å². The van der Waals surface area contributed by atoms with Crippen LogP contribution in [0.2, 0.25) is 0 Å². The van der Waals surface area contributed by atoms with Crippen LogP contribution in [0.3, 0.4) is 0 Å². The monoisotopic (exact) mass is 219 g/mol. The Morgan fingerprint density at radius 3 is 2.73 bits per heavy atom. The molecule has 0 saturated heterocycles. The van der Waals surface area contributed by atoms with Crippen LogP contribution in [0.5, 0.6) is 0 Å². The minimum absolute atomic E-state index is 0.625. The van der Waals surface area contributed by atoms with Crippen molar-refractivity contribution in [3.63, 3.8) is 0 Å². The van der Waals surface area contributed by atoms with Crippen molar-refractivity contribution in [3.8, 4) is 0 Å². The maximum atomic E-state index is 5.56. The van der Waals surface area contributed by atoms with Gasteiger partial charge in [-0.2, -0.15) is 0 Å². The number of thiophene rings is 1. The van der Waals surface area contributed by atoms with Crippen molar-refractivity contribution in [3.05, 3.63) is 34.7 Å². The minimum atomic E-state index is 0.625.